The van der Waals surface area contributed by atoms with Gasteiger partial charge in [-0.2, -0.15) is 20.8 Å². The van der Waals surface area contributed by atoms with E-state index in [4.69, 9.17) is 15.3 Å². The van der Waals surface area contributed by atoms with Crippen LogP contribution in [0.1, 0.15) is 16.7 Å². The van der Waals surface area contributed by atoms with E-state index in [1.165, 1.54) is 11.3 Å². The molecule has 0 amide bonds. The molecule has 1 N–H and O–H groups in total. The molecule has 0 bridgehead atoms. The number of fused-ring (bicyclic) bond motifs is 1. The number of hydrogen-bond donors (Lipinski definition) is 1. The van der Waals surface area contributed by atoms with E-state index in [2.05, 4.69) is 33.5 Å². The summed E-state index contributed by atoms with van der Waals surface area (Å²) in [4.78, 5) is 9.09. The summed E-state index contributed by atoms with van der Waals surface area (Å²) in [6, 6.07) is 27.6. The van der Waals surface area contributed by atoms with Gasteiger partial charge in [-0.25, -0.2) is 4.98 Å². The second kappa shape index (κ2) is 9.33. The van der Waals surface area contributed by atoms with Gasteiger partial charge in [0.05, 0.1) is 40.4 Å². The van der Waals surface area contributed by atoms with Crippen LogP contribution in [-0.2, 0) is 0 Å². The second-order valence-corrected chi connectivity index (χ2v) is 8.33. The van der Waals surface area contributed by atoms with Crippen LogP contribution in [0.3, 0.4) is 0 Å². The highest BCUT2D eigenvalue weighted by Gasteiger charge is 2.14. The first-order valence-electron chi connectivity index (χ1n) is 10.4. The van der Waals surface area contributed by atoms with Gasteiger partial charge in [-0.05, 0) is 77.2 Å². The molecule has 35 heavy (non-hydrogen) atoms. The molecule has 0 aliphatic heterocycles. The number of aromatic nitrogens is 2. The fourth-order valence-corrected chi connectivity index (χ4v) is 4.24. The van der Waals surface area contributed by atoms with Crippen molar-refractivity contribution >= 4 is 33.2 Å². The molecule has 8 heteroatoms. The van der Waals surface area contributed by atoms with E-state index < -0.39 is 0 Å². The molecule has 164 valence electrons. The van der Waals surface area contributed by atoms with Gasteiger partial charge < -0.3 is 10.1 Å². The molecule has 0 saturated heterocycles. The maximum absolute atomic E-state index is 9.74. The summed E-state index contributed by atoms with van der Waals surface area (Å²) in [7, 11) is 0. The number of nitrogens with one attached hydrogen (secondary N) is 1. The van der Waals surface area contributed by atoms with Crippen LogP contribution in [0, 0.1) is 34.0 Å². The van der Waals surface area contributed by atoms with Crippen LogP contribution in [0.25, 0.3) is 21.3 Å². The van der Waals surface area contributed by atoms with Gasteiger partial charge in [0.1, 0.15) is 10.4 Å². The fraction of sp³-hybridized carbons (Fsp3) is 0. The lowest BCUT2D eigenvalue weighted by atomic mass is 9.99. The SMILES string of the molecule is N#Cc1ccc(Nc2nc(Oc3ccc(-c4ccc(C#N)cc4)c(C#N)c3)c3sccc3n2)cc1. The highest BCUT2D eigenvalue weighted by molar-refractivity contribution is 7.17. The molecular formula is C27H14N6OS. The molecule has 3 aromatic carbocycles. The average Bonchev–Trinajstić information content (AvgIpc) is 3.38. The molecule has 7 nitrogen and oxygen atoms in total. The minimum Gasteiger partial charge on any atom is -0.437 e. The topological polar surface area (TPSA) is 118 Å². The Labute approximate surface area is 204 Å². The highest BCUT2D eigenvalue weighted by Crippen LogP contribution is 2.35. The largest absolute Gasteiger partial charge is 0.437 e. The van der Waals surface area contributed by atoms with Crippen molar-refractivity contribution in [2.45, 2.75) is 0 Å². The van der Waals surface area contributed by atoms with Gasteiger partial charge >= 0.3 is 0 Å². The van der Waals surface area contributed by atoms with Gasteiger partial charge in [0.15, 0.2) is 0 Å². The number of rotatable bonds is 5. The van der Waals surface area contributed by atoms with Crippen molar-refractivity contribution < 1.29 is 4.74 Å². The lowest BCUT2D eigenvalue weighted by Gasteiger charge is -2.11. The Hall–Kier alpha value is -5.23. The predicted molar refractivity (Wildman–Crippen MR) is 133 cm³/mol. The van der Waals surface area contributed by atoms with Crippen LogP contribution in [0.15, 0.2) is 78.2 Å². The predicted octanol–water partition coefficient (Wildman–Crippen LogP) is 6.51. The van der Waals surface area contributed by atoms with Crippen molar-refractivity contribution in [3.05, 3.63) is 94.9 Å². The van der Waals surface area contributed by atoms with Gasteiger partial charge in [0.2, 0.25) is 11.8 Å². The highest BCUT2D eigenvalue weighted by atomic mass is 32.1. The molecule has 2 aromatic heterocycles. The van der Waals surface area contributed by atoms with Crippen molar-refractivity contribution in [2.75, 3.05) is 5.32 Å². The quantitative estimate of drug-likeness (QED) is 0.311. The number of ether oxygens (including phenoxy) is 1. The zero-order chi connectivity index (χ0) is 24.2. The van der Waals surface area contributed by atoms with Crippen LogP contribution in [0.2, 0.25) is 0 Å². The standard InChI is InChI=1S/C27H14N6OS/c28-14-17-1-5-19(6-2-17)23-10-9-22(13-20(23)16-30)34-26-25-24(11-12-35-25)32-27(33-26)31-21-7-3-18(15-29)4-8-21/h1-13H,(H,31,32,33). The third kappa shape index (κ3) is 4.49. The first kappa shape index (κ1) is 21.6. The maximum Gasteiger partial charge on any atom is 0.242 e. The lowest BCUT2D eigenvalue weighted by molar-refractivity contribution is 0.470. The van der Waals surface area contributed by atoms with E-state index in [9.17, 15) is 5.26 Å². The van der Waals surface area contributed by atoms with Gasteiger partial charge in [0, 0.05) is 5.69 Å². The summed E-state index contributed by atoms with van der Waals surface area (Å²) in [5, 5.41) is 32.8. The molecule has 5 aromatic rings. The molecule has 0 radical (unpaired) electrons. The molecule has 0 aliphatic rings. The van der Waals surface area contributed by atoms with Crippen LogP contribution in [0.5, 0.6) is 11.6 Å². The molecule has 5 rings (SSSR count). The zero-order valence-electron chi connectivity index (χ0n) is 18.1. The van der Waals surface area contributed by atoms with Gasteiger partial charge in [-0.15, -0.1) is 11.3 Å². The third-order valence-corrected chi connectivity index (χ3v) is 6.09. The van der Waals surface area contributed by atoms with Crippen LogP contribution in [0.4, 0.5) is 11.6 Å². The van der Waals surface area contributed by atoms with E-state index in [-0.39, 0.29) is 0 Å². The Morgan fingerprint density at radius 3 is 2.17 bits per heavy atom. The first-order valence-corrected chi connectivity index (χ1v) is 11.3. The molecule has 0 unspecified atom stereocenters. The van der Waals surface area contributed by atoms with E-state index in [1.807, 2.05) is 29.6 Å². The Morgan fingerprint density at radius 1 is 0.771 bits per heavy atom. The number of anilines is 2. The number of nitriles is 3. The van der Waals surface area contributed by atoms with Gasteiger partial charge in [-0.3, -0.25) is 0 Å². The van der Waals surface area contributed by atoms with Crippen molar-refractivity contribution in [3.63, 3.8) is 0 Å². The lowest BCUT2D eigenvalue weighted by Crippen LogP contribution is -1.99. The summed E-state index contributed by atoms with van der Waals surface area (Å²) in [5.41, 5.74) is 4.61. The molecule has 2 heterocycles. The minimum absolute atomic E-state index is 0.352. The van der Waals surface area contributed by atoms with Crippen molar-refractivity contribution in [3.8, 4) is 41.0 Å². The smallest absolute Gasteiger partial charge is 0.242 e. The first-order chi connectivity index (χ1) is 17.2. The summed E-state index contributed by atoms with van der Waals surface area (Å²) in [6.07, 6.45) is 0. The Bertz CT molecular complexity index is 1670. The van der Waals surface area contributed by atoms with E-state index in [1.54, 1.807) is 48.5 Å². The van der Waals surface area contributed by atoms with Crippen LogP contribution in [-0.4, -0.2) is 9.97 Å². The number of benzene rings is 3. The molecular weight excluding hydrogens is 456 g/mol. The van der Waals surface area contributed by atoms with E-state index >= 15 is 0 Å². The Morgan fingerprint density at radius 2 is 1.49 bits per heavy atom. The summed E-state index contributed by atoms with van der Waals surface area (Å²) in [5.74, 6) is 1.19. The van der Waals surface area contributed by atoms with Crippen molar-refractivity contribution in [1.29, 1.82) is 15.8 Å². The molecule has 0 atom stereocenters. The summed E-state index contributed by atoms with van der Waals surface area (Å²) in [6.45, 7) is 0. The number of hydrogen-bond acceptors (Lipinski definition) is 8. The normalized spacial score (nSPS) is 10.2. The van der Waals surface area contributed by atoms with Crippen LogP contribution < -0.4 is 10.1 Å². The average molecular weight is 471 g/mol. The molecule has 0 aliphatic carbocycles. The zero-order valence-corrected chi connectivity index (χ0v) is 18.9. The van der Waals surface area contributed by atoms with Gasteiger partial charge in [0.25, 0.3) is 0 Å². The monoisotopic (exact) mass is 470 g/mol. The van der Waals surface area contributed by atoms with Crippen LogP contribution >= 0.6 is 11.3 Å². The molecule has 0 fully saturated rings. The molecule has 0 spiro atoms. The summed E-state index contributed by atoms with van der Waals surface area (Å²) >= 11 is 1.46. The Kier molecular flexibility index (Phi) is 5.76. The van der Waals surface area contributed by atoms with Crippen molar-refractivity contribution in [2.24, 2.45) is 0 Å². The van der Waals surface area contributed by atoms with Crippen molar-refractivity contribution in [1.82, 2.24) is 9.97 Å². The minimum atomic E-state index is 0.352. The number of nitrogens with zero attached hydrogens (tertiary/aromatic N) is 5. The molecule has 0 saturated carbocycles. The van der Waals surface area contributed by atoms with E-state index in [0.717, 1.165) is 27.0 Å². The summed E-state index contributed by atoms with van der Waals surface area (Å²) < 4.78 is 6.90. The Balaban J connectivity index is 1.46. The number of thiophene rings is 1. The maximum atomic E-state index is 9.74. The van der Waals surface area contributed by atoms with Gasteiger partial charge in [-0.1, -0.05) is 12.1 Å². The second-order valence-electron chi connectivity index (χ2n) is 7.41. The third-order valence-electron chi connectivity index (χ3n) is 5.19. The van der Waals surface area contributed by atoms with E-state index in [0.29, 0.717) is 34.3 Å². The fourth-order valence-electron chi connectivity index (χ4n) is 3.49.